The summed E-state index contributed by atoms with van der Waals surface area (Å²) in [6.45, 7) is 4.59. The summed E-state index contributed by atoms with van der Waals surface area (Å²) in [4.78, 5) is 36.7. The van der Waals surface area contributed by atoms with Gasteiger partial charge in [0, 0.05) is 23.8 Å². The molecule has 0 aliphatic carbocycles. The summed E-state index contributed by atoms with van der Waals surface area (Å²) in [5.74, 6) is -0.772. The lowest BCUT2D eigenvalue weighted by atomic mass is 10.0. The van der Waals surface area contributed by atoms with Gasteiger partial charge in [-0.05, 0) is 58.1 Å². The van der Waals surface area contributed by atoms with E-state index in [1.54, 1.807) is 13.8 Å². The molecule has 2 bridgehead atoms. The maximum absolute atomic E-state index is 13.5. The molecule has 0 spiro atoms. The number of hydrogen-bond donors (Lipinski definition) is 1. The van der Waals surface area contributed by atoms with Crippen molar-refractivity contribution in [3.63, 3.8) is 0 Å². The Morgan fingerprint density at radius 2 is 1.91 bits per heavy atom. The molecule has 2 aromatic heterocycles. The van der Waals surface area contributed by atoms with Crippen LogP contribution in [0, 0.1) is 6.92 Å². The molecule has 4 heterocycles. The number of aryl methyl sites for hydroxylation is 1. The third-order valence-electron chi connectivity index (χ3n) is 6.18. The van der Waals surface area contributed by atoms with E-state index >= 15 is 0 Å². The van der Waals surface area contributed by atoms with Crippen molar-refractivity contribution >= 4 is 29.0 Å². The smallest absolute Gasteiger partial charge is 0.408 e. The average Bonchev–Trinajstić information content (AvgIpc) is 3.47. The number of rotatable bonds is 6. The molecule has 0 aromatic carbocycles. The molecule has 0 unspecified atom stereocenters. The molecule has 178 valence electrons. The Hall–Kier alpha value is -2.69. The number of ether oxygens (including phenoxy) is 1. The van der Waals surface area contributed by atoms with Crippen molar-refractivity contribution < 1.29 is 27.5 Å². The molecule has 7 nitrogen and oxygen atoms in total. The third-order valence-corrected chi connectivity index (χ3v) is 7.25. The minimum atomic E-state index is -4.41. The Morgan fingerprint density at radius 3 is 2.45 bits per heavy atom. The molecule has 33 heavy (non-hydrogen) atoms. The van der Waals surface area contributed by atoms with Crippen LogP contribution in [0.5, 0.6) is 0 Å². The van der Waals surface area contributed by atoms with Crippen LogP contribution in [0.1, 0.15) is 65.4 Å². The number of amides is 1. The van der Waals surface area contributed by atoms with E-state index in [4.69, 9.17) is 4.74 Å². The lowest BCUT2D eigenvalue weighted by Crippen LogP contribution is -2.35. The predicted molar refractivity (Wildman–Crippen MR) is 117 cm³/mol. The van der Waals surface area contributed by atoms with Crippen LogP contribution in [0.15, 0.2) is 12.3 Å². The first-order valence-corrected chi connectivity index (χ1v) is 11.7. The largest absolute Gasteiger partial charge is 0.461 e. The van der Waals surface area contributed by atoms with Gasteiger partial charge in [-0.1, -0.05) is 0 Å². The Kier molecular flexibility index (Phi) is 6.35. The molecular weight excluding hydrogens is 457 g/mol. The highest BCUT2D eigenvalue weighted by Crippen LogP contribution is 2.41. The monoisotopic (exact) mass is 482 g/mol. The SMILES string of the molecule is CCOC(=O)c1nc(C(=O)N2C3CCC2CC3)c(-c2cnc(N[C@@H](C)C(F)(F)F)cc2C)s1. The van der Waals surface area contributed by atoms with Gasteiger partial charge in [0.2, 0.25) is 5.01 Å². The summed E-state index contributed by atoms with van der Waals surface area (Å²) >= 11 is 1.04. The number of halogens is 3. The zero-order valence-electron chi connectivity index (χ0n) is 18.5. The molecule has 2 aliphatic heterocycles. The maximum atomic E-state index is 13.5. The van der Waals surface area contributed by atoms with Crippen LogP contribution >= 0.6 is 11.3 Å². The van der Waals surface area contributed by atoms with Crippen molar-refractivity contribution in [2.24, 2.45) is 0 Å². The van der Waals surface area contributed by atoms with Crippen LogP contribution in [-0.4, -0.2) is 57.7 Å². The summed E-state index contributed by atoms with van der Waals surface area (Å²) in [7, 11) is 0. The van der Waals surface area contributed by atoms with E-state index < -0.39 is 18.2 Å². The summed E-state index contributed by atoms with van der Waals surface area (Å²) in [6.07, 6.45) is 0.837. The number of alkyl halides is 3. The summed E-state index contributed by atoms with van der Waals surface area (Å²) in [5, 5.41) is 2.41. The highest BCUT2D eigenvalue weighted by Gasteiger charge is 2.44. The number of carbonyl (C=O) groups excluding carboxylic acids is 2. The van der Waals surface area contributed by atoms with Gasteiger partial charge >= 0.3 is 12.1 Å². The van der Waals surface area contributed by atoms with E-state index in [0.717, 1.165) is 43.9 Å². The van der Waals surface area contributed by atoms with Crippen LogP contribution in [0.2, 0.25) is 0 Å². The number of nitrogens with one attached hydrogen (secondary N) is 1. The number of fused-ring (bicyclic) bond motifs is 2. The Morgan fingerprint density at radius 1 is 1.27 bits per heavy atom. The van der Waals surface area contributed by atoms with Gasteiger partial charge in [0.05, 0.1) is 11.5 Å². The van der Waals surface area contributed by atoms with Gasteiger partial charge in [0.25, 0.3) is 5.91 Å². The van der Waals surface area contributed by atoms with Crippen LogP contribution < -0.4 is 5.32 Å². The molecule has 2 aliphatic rings. The van der Waals surface area contributed by atoms with Crippen LogP contribution in [0.4, 0.5) is 19.0 Å². The number of carbonyl (C=O) groups is 2. The molecular formula is C22H25F3N4O3S. The fourth-order valence-corrected chi connectivity index (χ4v) is 5.50. The number of anilines is 1. The Balaban J connectivity index is 1.70. The molecule has 11 heteroatoms. The fourth-order valence-electron chi connectivity index (χ4n) is 4.47. The van der Waals surface area contributed by atoms with Gasteiger partial charge in [-0.15, -0.1) is 11.3 Å². The number of pyridine rings is 1. The highest BCUT2D eigenvalue weighted by atomic mass is 32.1. The van der Waals surface area contributed by atoms with Crippen LogP contribution in [0.3, 0.4) is 0 Å². The number of hydrogen-bond acceptors (Lipinski definition) is 7. The molecule has 2 aromatic rings. The normalized spacial score (nSPS) is 20.7. The second kappa shape index (κ2) is 8.92. The first-order chi connectivity index (χ1) is 15.6. The van der Waals surface area contributed by atoms with Crippen molar-refractivity contribution in [3.8, 4) is 10.4 Å². The van der Waals surface area contributed by atoms with E-state index in [9.17, 15) is 22.8 Å². The first kappa shape index (κ1) is 23.5. The molecule has 1 amide bonds. The van der Waals surface area contributed by atoms with Gasteiger partial charge in [-0.3, -0.25) is 4.79 Å². The van der Waals surface area contributed by atoms with E-state index in [0.29, 0.717) is 16.0 Å². The average molecular weight is 483 g/mol. The van der Waals surface area contributed by atoms with E-state index in [1.165, 1.54) is 12.3 Å². The Labute approximate surface area is 193 Å². The minimum Gasteiger partial charge on any atom is -0.461 e. The van der Waals surface area contributed by atoms with E-state index in [1.807, 2.05) is 4.90 Å². The quantitative estimate of drug-likeness (QED) is 0.595. The maximum Gasteiger partial charge on any atom is 0.408 e. The predicted octanol–water partition coefficient (Wildman–Crippen LogP) is 4.82. The van der Waals surface area contributed by atoms with Crippen molar-refractivity contribution in [1.82, 2.24) is 14.9 Å². The van der Waals surface area contributed by atoms with Gasteiger partial charge in [-0.2, -0.15) is 13.2 Å². The molecule has 2 saturated heterocycles. The van der Waals surface area contributed by atoms with Crippen molar-refractivity contribution in [2.75, 3.05) is 11.9 Å². The second-order valence-corrected chi connectivity index (χ2v) is 9.38. The van der Waals surface area contributed by atoms with Crippen molar-refractivity contribution in [1.29, 1.82) is 0 Å². The van der Waals surface area contributed by atoms with E-state index in [2.05, 4.69) is 15.3 Å². The number of nitrogens with zero attached hydrogens (tertiary/aromatic N) is 3. The molecule has 1 atom stereocenters. The summed E-state index contributed by atoms with van der Waals surface area (Å²) in [6, 6.07) is 0.0853. The van der Waals surface area contributed by atoms with Gasteiger partial charge in [0.15, 0.2) is 0 Å². The minimum absolute atomic E-state index is 0.0639. The first-order valence-electron chi connectivity index (χ1n) is 10.9. The summed E-state index contributed by atoms with van der Waals surface area (Å²) < 4.78 is 43.8. The Bertz CT molecular complexity index is 1050. The second-order valence-electron chi connectivity index (χ2n) is 8.38. The standard InChI is InChI=1S/C22H25F3N4O3S/c1-4-32-21(31)19-28-17(20(30)29-13-5-6-14(29)8-7-13)18(33-19)15-10-26-16(9-11(15)2)27-12(3)22(23,24)25/h9-10,12-14H,4-8H2,1-3H3,(H,26,27)/t12-,13?,14?/m0/s1. The zero-order chi connectivity index (χ0) is 23.9. The number of aromatic nitrogens is 2. The van der Waals surface area contributed by atoms with Crippen LogP contribution in [-0.2, 0) is 4.74 Å². The zero-order valence-corrected chi connectivity index (χ0v) is 19.3. The summed E-state index contributed by atoms with van der Waals surface area (Å²) in [5.41, 5.74) is 1.32. The van der Waals surface area contributed by atoms with Crippen molar-refractivity contribution in [3.05, 3.63) is 28.5 Å². The number of esters is 1. The third kappa shape index (κ3) is 4.55. The molecule has 2 fully saturated rings. The molecule has 0 radical (unpaired) electrons. The fraction of sp³-hybridized carbons (Fsp3) is 0.545. The molecule has 0 saturated carbocycles. The van der Waals surface area contributed by atoms with Crippen LogP contribution in [0.25, 0.3) is 10.4 Å². The van der Waals surface area contributed by atoms with Crippen molar-refractivity contribution in [2.45, 2.75) is 70.8 Å². The highest BCUT2D eigenvalue weighted by molar-refractivity contribution is 7.17. The van der Waals surface area contributed by atoms with E-state index in [-0.39, 0.29) is 41.1 Å². The van der Waals surface area contributed by atoms with Gasteiger partial charge in [0.1, 0.15) is 17.6 Å². The molecule has 4 rings (SSSR count). The van der Waals surface area contributed by atoms with Gasteiger partial charge in [-0.25, -0.2) is 14.8 Å². The van der Waals surface area contributed by atoms with Gasteiger partial charge < -0.3 is 15.0 Å². The lowest BCUT2D eigenvalue weighted by molar-refractivity contribution is -0.138. The lowest BCUT2D eigenvalue weighted by Gasteiger charge is -2.22. The molecule has 1 N–H and O–H groups in total. The number of thiazole rings is 1. The topological polar surface area (TPSA) is 84.4 Å².